The fourth-order valence-corrected chi connectivity index (χ4v) is 1.74. The number of halogens is 1. The van der Waals surface area contributed by atoms with Gasteiger partial charge in [0.05, 0.1) is 10.7 Å². The number of rotatable bonds is 4. The van der Waals surface area contributed by atoms with E-state index >= 15 is 0 Å². The molecule has 1 aromatic rings. The highest BCUT2D eigenvalue weighted by atomic mass is 35.5. The Morgan fingerprint density at radius 3 is 2.88 bits per heavy atom. The molecule has 5 heteroatoms. The molecule has 0 radical (unpaired) electrons. The Hall–Kier alpha value is -1.42. The summed E-state index contributed by atoms with van der Waals surface area (Å²) in [5.74, 6) is 0.199. The second-order valence-electron chi connectivity index (χ2n) is 3.77. The lowest BCUT2D eigenvalue weighted by Crippen LogP contribution is -2.24. The minimum absolute atomic E-state index is 0.0505. The van der Waals surface area contributed by atoms with Crippen molar-refractivity contribution in [3.8, 4) is 0 Å². The second-order valence-corrected chi connectivity index (χ2v) is 4.18. The maximum Gasteiger partial charge on any atom is 0.141 e. The number of hydrogen-bond donors (Lipinski definition) is 3. The van der Waals surface area contributed by atoms with Crippen LogP contribution in [0.15, 0.2) is 23.4 Å². The maximum atomic E-state index is 8.47. The summed E-state index contributed by atoms with van der Waals surface area (Å²) < 4.78 is 0. The van der Waals surface area contributed by atoms with Crippen molar-refractivity contribution < 1.29 is 5.21 Å². The van der Waals surface area contributed by atoms with Crippen LogP contribution in [-0.4, -0.2) is 17.1 Å². The van der Waals surface area contributed by atoms with Crippen LogP contribution in [0.25, 0.3) is 0 Å². The molecular formula is C11H16ClN3O. The third kappa shape index (κ3) is 3.31. The molecule has 1 atom stereocenters. The molecule has 4 N–H and O–H groups in total. The molecule has 0 aromatic heterocycles. The molecule has 0 aliphatic carbocycles. The Labute approximate surface area is 100 Å². The minimum atomic E-state index is 0.0505. The van der Waals surface area contributed by atoms with Crippen LogP contribution in [0, 0.1) is 6.92 Å². The van der Waals surface area contributed by atoms with Gasteiger partial charge in [-0.15, -0.1) is 0 Å². The first kappa shape index (κ1) is 12.6. The predicted octanol–water partition coefficient (Wildman–Crippen LogP) is 2.59. The molecule has 0 saturated carbocycles. The molecule has 4 nitrogen and oxygen atoms in total. The van der Waals surface area contributed by atoms with Crippen LogP contribution >= 0.6 is 11.6 Å². The molecular weight excluding hydrogens is 226 g/mol. The summed E-state index contributed by atoms with van der Waals surface area (Å²) in [5, 5.41) is 15.3. The van der Waals surface area contributed by atoms with E-state index in [9.17, 15) is 0 Å². The van der Waals surface area contributed by atoms with Gasteiger partial charge < -0.3 is 16.3 Å². The zero-order valence-electron chi connectivity index (χ0n) is 9.37. The number of nitrogens with zero attached hydrogens (tertiary/aromatic N) is 1. The normalized spacial score (nSPS) is 13.6. The van der Waals surface area contributed by atoms with E-state index in [0.29, 0.717) is 11.4 Å². The van der Waals surface area contributed by atoms with E-state index in [4.69, 9.17) is 22.5 Å². The summed E-state index contributed by atoms with van der Waals surface area (Å²) in [6.45, 7) is 3.92. The van der Waals surface area contributed by atoms with Gasteiger partial charge in [-0.2, -0.15) is 0 Å². The first-order chi connectivity index (χ1) is 7.54. The summed E-state index contributed by atoms with van der Waals surface area (Å²) >= 11 is 6.07. The van der Waals surface area contributed by atoms with Gasteiger partial charge in [0.1, 0.15) is 5.84 Å². The van der Waals surface area contributed by atoms with Crippen molar-refractivity contribution in [2.75, 3.05) is 5.32 Å². The van der Waals surface area contributed by atoms with Gasteiger partial charge in [0, 0.05) is 12.5 Å². The number of amidine groups is 1. The highest BCUT2D eigenvalue weighted by molar-refractivity contribution is 6.33. The van der Waals surface area contributed by atoms with E-state index < -0.39 is 0 Å². The van der Waals surface area contributed by atoms with Crippen LogP contribution in [0.2, 0.25) is 5.02 Å². The number of oxime groups is 1. The van der Waals surface area contributed by atoms with Crippen molar-refractivity contribution in [2.45, 2.75) is 26.3 Å². The largest absolute Gasteiger partial charge is 0.409 e. The van der Waals surface area contributed by atoms with Crippen LogP contribution in [0.3, 0.4) is 0 Å². The predicted molar refractivity (Wildman–Crippen MR) is 67.3 cm³/mol. The molecule has 0 saturated heterocycles. The van der Waals surface area contributed by atoms with E-state index in [-0.39, 0.29) is 11.9 Å². The molecule has 1 aromatic carbocycles. The van der Waals surface area contributed by atoms with Gasteiger partial charge in [-0.25, -0.2) is 0 Å². The lowest BCUT2D eigenvalue weighted by molar-refractivity contribution is 0.316. The second kappa shape index (κ2) is 5.61. The zero-order valence-corrected chi connectivity index (χ0v) is 10.1. The number of aryl methyl sites for hydroxylation is 1. The summed E-state index contributed by atoms with van der Waals surface area (Å²) in [4.78, 5) is 0. The van der Waals surface area contributed by atoms with Crippen molar-refractivity contribution >= 4 is 23.1 Å². The number of nitrogens with two attached hydrogens (primary N) is 1. The number of benzene rings is 1. The Bertz CT molecular complexity index is 373. The number of anilines is 1. The lowest BCUT2D eigenvalue weighted by atomic mass is 10.1. The molecule has 0 amide bonds. The maximum absolute atomic E-state index is 8.47. The van der Waals surface area contributed by atoms with Gasteiger partial charge in [-0.3, -0.25) is 0 Å². The van der Waals surface area contributed by atoms with E-state index in [1.165, 1.54) is 0 Å². The average molecular weight is 242 g/mol. The first-order valence-electron chi connectivity index (χ1n) is 5.02. The molecule has 16 heavy (non-hydrogen) atoms. The third-order valence-electron chi connectivity index (χ3n) is 2.26. The fourth-order valence-electron chi connectivity index (χ4n) is 1.47. The first-order valence-corrected chi connectivity index (χ1v) is 5.40. The van der Waals surface area contributed by atoms with Crippen LogP contribution in [-0.2, 0) is 0 Å². The van der Waals surface area contributed by atoms with Crippen LogP contribution in [0.1, 0.15) is 18.9 Å². The van der Waals surface area contributed by atoms with E-state index in [1.807, 2.05) is 32.0 Å². The van der Waals surface area contributed by atoms with Crippen LogP contribution in [0.4, 0.5) is 5.69 Å². The van der Waals surface area contributed by atoms with Crippen LogP contribution < -0.4 is 11.1 Å². The van der Waals surface area contributed by atoms with Gasteiger partial charge in [-0.05, 0) is 25.5 Å². The molecule has 0 bridgehead atoms. The lowest BCUT2D eigenvalue weighted by Gasteiger charge is -2.17. The Balaban J connectivity index is 2.73. The zero-order chi connectivity index (χ0) is 12.1. The minimum Gasteiger partial charge on any atom is -0.409 e. The molecule has 88 valence electrons. The van der Waals surface area contributed by atoms with Crippen molar-refractivity contribution in [3.05, 3.63) is 28.8 Å². The monoisotopic (exact) mass is 241 g/mol. The smallest absolute Gasteiger partial charge is 0.141 e. The molecule has 1 rings (SSSR count). The highest BCUT2D eigenvalue weighted by Crippen LogP contribution is 2.26. The number of nitrogens with one attached hydrogen (secondary N) is 1. The quantitative estimate of drug-likeness (QED) is 0.328. The van der Waals surface area contributed by atoms with Crippen LogP contribution in [0.5, 0.6) is 0 Å². The summed E-state index contributed by atoms with van der Waals surface area (Å²) in [7, 11) is 0. The van der Waals surface area contributed by atoms with Gasteiger partial charge in [0.2, 0.25) is 0 Å². The Kier molecular flexibility index (Phi) is 4.43. The standard InChI is InChI=1S/C11H16ClN3O/c1-7-4-3-5-9(12)11(7)14-8(2)6-10(13)15-16/h3-5,8,14,16H,6H2,1-2H3,(H2,13,15). The summed E-state index contributed by atoms with van der Waals surface area (Å²) in [5.41, 5.74) is 7.39. The summed E-state index contributed by atoms with van der Waals surface area (Å²) in [6, 6.07) is 5.75. The molecule has 0 fully saturated rings. The van der Waals surface area contributed by atoms with Gasteiger partial charge in [0.25, 0.3) is 0 Å². The highest BCUT2D eigenvalue weighted by Gasteiger charge is 2.09. The van der Waals surface area contributed by atoms with Crippen molar-refractivity contribution in [1.29, 1.82) is 0 Å². The van der Waals surface area contributed by atoms with Crippen molar-refractivity contribution in [2.24, 2.45) is 10.9 Å². The SMILES string of the molecule is Cc1cccc(Cl)c1NC(C)CC(N)=NO. The molecule has 0 aliphatic rings. The van der Waals surface area contributed by atoms with Crippen molar-refractivity contribution in [3.63, 3.8) is 0 Å². The van der Waals surface area contributed by atoms with E-state index in [1.54, 1.807) is 0 Å². The molecule has 1 unspecified atom stereocenters. The van der Waals surface area contributed by atoms with E-state index in [0.717, 1.165) is 11.3 Å². The third-order valence-corrected chi connectivity index (χ3v) is 2.57. The Morgan fingerprint density at radius 1 is 1.62 bits per heavy atom. The average Bonchev–Trinajstić information content (AvgIpc) is 2.23. The number of hydrogen-bond acceptors (Lipinski definition) is 3. The van der Waals surface area contributed by atoms with Gasteiger partial charge in [-0.1, -0.05) is 28.9 Å². The topological polar surface area (TPSA) is 70.6 Å². The van der Waals surface area contributed by atoms with Gasteiger partial charge in [0.15, 0.2) is 0 Å². The molecule has 0 spiro atoms. The molecule has 0 heterocycles. The molecule has 0 aliphatic heterocycles. The van der Waals surface area contributed by atoms with E-state index in [2.05, 4.69) is 10.5 Å². The van der Waals surface area contributed by atoms with Gasteiger partial charge >= 0.3 is 0 Å². The fraction of sp³-hybridized carbons (Fsp3) is 0.364. The van der Waals surface area contributed by atoms with Crippen molar-refractivity contribution in [1.82, 2.24) is 0 Å². The number of para-hydroxylation sites is 1. The Morgan fingerprint density at radius 2 is 2.31 bits per heavy atom. The summed E-state index contributed by atoms with van der Waals surface area (Å²) in [6.07, 6.45) is 0.459.